The van der Waals surface area contributed by atoms with Crippen molar-refractivity contribution in [1.82, 2.24) is 4.98 Å². The molecule has 0 aliphatic carbocycles. The number of alkyl halides is 3. The average molecular weight is 315 g/mol. The van der Waals surface area contributed by atoms with Gasteiger partial charge in [-0.05, 0) is 48.0 Å². The van der Waals surface area contributed by atoms with Crippen LogP contribution in [0.1, 0.15) is 11.1 Å². The van der Waals surface area contributed by atoms with E-state index in [0.717, 1.165) is 23.1 Å². The lowest BCUT2D eigenvalue weighted by Crippen LogP contribution is -2.04. The molecule has 0 bridgehead atoms. The van der Waals surface area contributed by atoms with Crippen molar-refractivity contribution in [2.24, 2.45) is 0 Å². The maximum absolute atomic E-state index is 12.8. The Morgan fingerprint density at radius 2 is 1.87 bits per heavy atom. The number of rotatable bonds is 3. The molecule has 3 aromatic rings. The quantitative estimate of drug-likeness (QED) is 0.619. The number of halogens is 3. The van der Waals surface area contributed by atoms with E-state index in [1.807, 2.05) is 6.07 Å². The van der Waals surface area contributed by atoms with E-state index in [0.29, 0.717) is 11.3 Å². The van der Waals surface area contributed by atoms with Crippen LogP contribution in [0.3, 0.4) is 0 Å². The Bertz CT molecular complexity index is 872. The smallest absolute Gasteiger partial charge is 0.416 e. The summed E-state index contributed by atoms with van der Waals surface area (Å²) in [7, 11) is 0. The second kappa shape index (κ2) is 5.76. The van der Waals surface area contributed by atoms with Crippen molar-refractivity contribution in [3.63, 3.8) is 0 Å². The van der Waals surface area contributed by atoms with Gasteiger partial charge in [0, 0.05) is 11.6 Å². The molecule has 0 aliphatic rings. The van der Waals surface area contributed by atoms with Crippen molar-refractivity contribution in [2.45, 2.75) is 6.18 Å². The molecular weight excluding hydrogens is 303 g/mol. The first kappa shape index (κ1) is 15.1. The molecule has 0 N–H and O–H groups in total. The number of hydrogen-bond donors (Lipinski definition) is 0. The number of nitrogens with zero attached hydrogens (tertiary/aromatic N) is 1. The van der Waals surface area contributed by atoms with Crippen molar-refractivity contribution in [3.05, 3.63) is 72.4 Å². The van der Waals surface area contributed by atoms with Gasteiger partial charge in [0.15, 0.2) is 0 Å². The van der Waals surface area contributed by atoms with Gasteiger partial charge in [0.25, 0.3) is 0 Å². The topological polar surface area (TPSA) is 22.1 Å². The highest BCUT2D eigenvalue weighted by atomic mass is 19.4. The Balaban J connectivity index is 2.06. The maximum Gasteiger partial charge on any atom is 0.416 e. The number of fused-ring (bicyclic) bond motifs is 1. The third-order valence-corrected chi connectivity index (χ3v) is 3.33. The molecule has 0 unspecified atom stereocenters. The Morgan fingerprint density at radius 1 is 1.04 bits per heavy atom. The molecule has 0 saturated carbocycles. The number of benzene rings is 2. The first-order chi connectivity index (χ1) is 11.0. The fraction of sp³-hybridized carbons (Fsp3) is 0.0556. The monoisotopic (exact) mass is 315 g/mol. The fourth-order valence-corrected chi connectivity index (χ4v) is 2.23. The van der Waals surface area contributed by atoms with Gasteiger partial charge in [-0.15, -0.1) is 0 Å². The molecule has 0 amide bonds. The molecule has 3 rings (SSSR count). The van der Waals surface area contributed by atoms with Crippen molar-refractivity contribution in [3.8, 4) is 11.5 Å². The minimum absolute atomic E-state index is 0.117. The second-order valence-corrected chi connectivity index (χ2v) is 4.92. The van der Waals surface area contributed by atoms with Crippen molar-refractivity contribution in [2.75, 3.05) is 0 Å². The van der Waals surface area contributed by atoms with Crippen LogP contribution in [0.15, 0.2) is 61.3 Å². The fourth-order valence-electron chi connectivity index (χ4n) is 2.23. The number of pyridine rings is 1. The number of ether oxygens (including phenoxy) is 1. The molecule has 23 heavy (non-hydrogen) atoms. The molecule has 0 spiro atoms. The zero-order chi connectivity index (χ0) is 16.4. The van der Waals surface area contributed by atoms with Crippen LogP contribution in [-0.4, -0.2) is 4.98 Å². The zero-order valence-corrected chi connectivity index (χ0v) is 12.0. The van der Waals surface area contributed by atoms with Crippen LogP contribution in [0.4, 0.5) is 13.2 Å². The summed E-state index contributed by atoms with van der Waals surface area (Å²) in [4.78, 5) is 4.24. The molecular formula is C18H12F3NO. The van der Waals surface area contributed by atoms with Crippen molar-refractivity contribution < 1.29 is 17.9 Å². The van der Waals surface area contributed by atoms with E-state index in [2.05, 4.69) is 11.6 Å². The van der Waals surface area contributed by atoms with E-state index in [9.17, 15) is 13.2 Å². The summed E-state index contributed by atoms with van der Waals surface area (Å²) in [6.07, 6.45) is -1.14. The summed E-state index contributed by atoms with van der Waals surface area (Å²) in [5.41, 5.74) is 0.711. The van der Waals surface area contributed by atoms with Crippen LogP contribution < -0.4 is 4.74 Å². The molecule has 0 fully saturated rings. The number of hydrogen-bond acceptors (Lipinski definition) is 2. The largest absolute Gasteiger partial charge is 0.457 e. The Hall–Kier alpha value is -2.82. The summed E-state index contributed by atoms with van der Waals surface area (Å²) in [5.74, 6) is 0.552. The van der Waals surface area contributed by atoms with Gasteiger partial charge < -0.3 is 4.74 Å². The first-order valence-electron chi connectivity index (χ1n) is 6.84. The Morgan fingerprint density at radius 3 is 2.61 bits per heavy atom. The van der Waals surface area contributed by atoms with Gasteiger partial charge in [-0.2, -0.15) is 13.2 Å². The SMILES string of the molecule is C=Cc1cc(Oc2cccc(C(F)(F)F)c2)c2cccnc2c1. The lowest BCUT2D eigenvalue weighted by atomic mass is 10.1. The van der Waals surface area contributed by atoms with Gasteiger partial charge in [0.1, 0.15) is 11.5 Å². The molecule has 1 aromatic heterocycles. The molecule has 0 atom stereocenters. The van der Waals surface area contributed by atoms with Gasteiger partial charge in [0.2, 0.25) is 0 Å². The zero-order valence-electron chi connectivity index (χ0n) is 12.0. The second-order valence-electron chi connectivity index (χ2n) is 4.92. The molecule has 0 aliphatic heterocycles. The van der Waals surface area contributed by atoms with Crippen molar-refractivity contribution in [1.29, 1.82) is 0 Å². The van der Waals surface area contributed by atoms with E-state index in [1.54, 1.807) is 30.5 Å². The molecule has 0 radical (unpaired) electrons. The van der Waals surface area contributed by atoms with E-state index in [-0.39, 0.29) is 5.75 Å². The lowest BCUT2D eigenvalue weighted by Gasteiger charge is -2.12. The summed E-state index contributed by atoms with van der Waals surface area (Å²) in [6, 6.07) is 11.9. The standard InChI is InChI=1S/C18H12F3NO/c1-2-12-9-16-15(7-4-8-22-16)17(10-12)23-14-6-3-5-13(11-14)18(19,20)21/h2-11H,1H2. The van der Waals surface area contributed by atoms with Crippen LogP contribution in [-0.2, 0) is 6.18 Å². The normalized spacial score (nSPS) is 11.4. The molecule has 2 nitrogen and oxygen atoms in total. The van der Waals surface area contributed by atoms with Crippen LogP contribution in [0.5, 0.6) is 11.5 Å². The Kier molecular flexibility index (Phi) is 3.78. The summed E-state index contributed by atoms with van der Waals surface area (Å²) < 4.78 is 44.1. The van der Waals surface area contributed by atoms with Crippen LogP contribution in [0.25, 0.3) is 17.0 Å². The first-order valence-corrected chi connectivity index (χ1v) is 6.84. The summed E-state index contributed by atoms with van der Waals surface area (Å²) in [6.45, 7) is 3.70. The van der Waals surface area contributed by atoms with Gasteiger partial charge in [-0.3, -0.25) is 4.98 Å². The van der Waals surface area contributed by atoms with E-state index in [1.165, 1.54) is 12.1 Å². The minimum atomic E-state index is -4.41. The molecule has 2 aromatic carbocycles. The Labute approximate surface area is 130 Å². The van der Waals surface area contributed by atoms with Gasteiger partial charge >= 0.3 is 6.18 Å². The lowest BCUT2D eigenvalue weighted by molar-refractivity contribution is -0.137. The third kappa shape index (κ3) is 3.18. The van der Waals surface area contributed by atoms with Crippen LogP contribution in [0.2, 0.25) is 0 Å². The minimum Gasteiger partial charge on any atom is -0.457 e. The molecule has 116 valence electrons. The molecule has 1 heterocycles. The van der Waals surface area contributed by atoms with E-state index in [4.69, 9.17) is 4.74 Å². The van der Waals surface area contributed by atoms with Gasteiger partial charge in [0.05, 0.1) is 11.1 Å². The highest BCUT2D eigenvalue weighted by molar-refractivity contribution is 5.87. The predicted molar refractivity (Wildman–Crippen MR) is 83.4 cm³/mol. The van der Waals surface area contributed by atoms with Crippen LogP contribution >= 0.6 is 0 Å². The summed E-state index contributed by atoms with van der Waals surface area (Å²) >= 11 is 0. The number of aromatic nitrogens is 1. The summed E-state index contributed by atoms with van der Waals surface area (Å²) in [5, 5.41) is 0.718. The maximum atomic E-state index is 12.8. The molecule has 0 saturated heterocycles. The van der Waals surface area contributed by atoms with Crippen molar-refractivity contribution >= 4 is 17.0 Å². The van der Waals surface area contributed by atoms with E-state index < -0.39 is 11.7 Å². The van der Waals surface area contributed by atoms with Gasteiger partial charge in [-0.1, -0.05) is 18.7 Å². The highest BCUT2D eigenvalue weighted by Crippen LogP contribution is 2.35. The van der Waals surface area contributed by atoms with E-state index >= 15 is 0 Å². The van der Waals surface area contributed by atoms with Crippen LogP contribution in [0, 0.1) is 0 Å². The predicted octanol–water partition coefficient (Wildman–Crippen LogP) is 5.69. The third-order valence-electron chi connectivity index (χ3n) is 3.33. The highest BCUT2D eigenvalue weighted by Gasteiger charge is 2.30. The molecule has 5 heteroatoms. The average Bonchev–Trinajstić information content (AvgIpc) is 2.54. The van der Waals surface area contributed by atoms with Gasteiger partial charge in [-0.25, -0.2) is 0 Å².